The van der Waals surface area contributed by atoms with Crippen molar-refractivity contribution in [3.05, 3.63) is 53.8 Å². The molecular formula is C24H28F4N4O8S. The summed E-state index contributed by atoms with van der Waals surface area (Å²) < 4.78 is 78.3. The summed E-state index contributed by atoms with van der Waals surface area (Å²) in [6.07, 6.45) is -5.08. The van der Waals surface area contributed by atoms with E-state index in [1.54, 1.807) is 13.2 Å². The van der Waals surface area contributed by atoms with Crippen molar-refractivity contribution in [1.82, 2.24) is 10.2 Å². The summed E-state index contributed by atoms with van der Waals surface area (Å²) in [6, 6.07) is 8.73. The number of ether oxygens (including phenoxy) is 1. The third kappa shape index (κ3) is 10.5. The topological polar surface area (TPSA) is 166 Å². The van der Waals surface area contributed by atoms with Gasteiger partial charge in [-0.05, 0) is 36.4 Å². The van der Waals surface area contributed by atoms with Crippen LogP contribution in [0.5, 0.6) is 0 Å². The fraction of sp³-hybridized carbons (Fsp3) is 0.375. The quantitative estimate of drug-likeness (QED) is 0.231. The van der Waals surface area contributed by atoms with Gasteiger partial charge in [-0.1, -0.05) is 6.07 Å². The van der Waals surface area contributed by atoms with Crippen LogP contribution >= 0.6 is 0 Å². The fourth-order valence-electron chi connectivity index (χ4n) is 3.56. The van der Waals surface area contributed by atoms with Gasteiger partial charge in [0.25, 0.3) is 10.0 Å². The number of aliphatic carboxylic acids is 1. The number of methoxy groups -OCH3 is 1. The average molecular weight is 609 g/mol. The number of benzene rings is 2. The summed E-state index contributed by atoms with van der Waals surface area (Å²) in [6.45, 7) is 3.18. The minimum absolute atomic E-state index is 0.0786. The molecule has 3 rings (SSSR count). The van der Waals surface area contributed by atoms with Crippen molar-refractivity contribution in [3.63, 3.8) is 0 Å². The molecule has 0 unspecified atom stereocenters. The molecule has 1 aliphatic heterocycles. The number of amides is 1. The number of sulfonamides is 1. The van der Waals surface area contributed by atoms with Crippen LogP contribution in [0, 0.1) is 5.82 Å². The van der Waals surface area contributed by atoms with Crippen LogP contribution in [0.25, 0.3) is 0 Å². The first-order chi connectivity index (χ1) is 19.1. The van der Waals surface area contributed by atoms with Crippen molar-refractivity contribution in [3.8, 4) is 0 Å². The van der Waals surface area contributed by atoms with Gasteiger partial charge in [-0.25, -0.2) is 22.4 Å². The SMILES string of the molecule is COCCNC(=O)CN1CCN(c2ccc(C(=O)O)cc2NS(=O)(=O)c2cccc(F)c2)CC1.O=C(O)C(F)(F)F. The van der Waals surface area contributed by atoms with Crippen molar-refractivity contribution in [1.29, 1.82) is 0 Å². The number of halogens is 4. The molecule has 226 valence electrons. The van der Waals surface area contributed by atoms with Gasteiger partial charge in [-0.3, -0.25) is 14.4 Å². The molecule has 12 nitrogen and oxygen atoms in total. The number of piperazine rings is 1. The normalized spacial score (nSPS) is 14.0. The van der Waals surface area contributed by atoms with Gasteiger partial charge < -0.3 is 25.2 Å². The van der Waals surface area contributed by atoms with E-state index in [4.69, 9.17) is 14.6 Å². The highest BCUT2D eigenvalue weighted by Crippen LogP contribution is 2.30. The van der Waals surface area contributed by atoms with Crippen LogP contribution in [-0.4, -0.2) is 101 Å². The zero-order chi connectivity index (χ0) is 30.8. The Labute approximate surface area is 232 Å². The second-order valence-corrected chi connectivity index (χ2v) is 10.2. The van der Waals surface area contributed by atoms with Crippen LogP contribution < -0.4 is 14.9 Å². The van der Waals surface area contributed by atoms with Crippen molar-refractivity contribution in [2.45, 2.75) is 11.1 Å². The Morgan fingerprint density at radius 1 is 1.02 bits per heavy atom. The number of hydrogen-bond donors (Lipinski definition) is 4. The first-order valence-electron chi connectivity index (χ1n) is 11.8. The molecule has 1 heterocycles. The lowest BCUT2D eigenvalue weighted by Gasteiger charge is -2.36. The summed E-state index contributed by atoms with van der Waals surface area (Å²) in [5.74, 6) is -4.78. The van der Waals surface area contributed by atoms with Gasteiger partial charge in [-0.2, -0.15) is 13.2 Å². The van der Waals surface area contributed by atoms with Crippen molar-refractivity contribution < 1.29 is 55.3 Å². The molecule has 0 spiro atoms. The lowest BCUT2D eigenvalue weighted by atomic mass is 10.1. The van der Waals surface area contributed by atoms with Crippen molar-refractivity contribution in [2.24, 2.45) is 0 Å². The molecular weight excluding hydrogens is 580 g/mol. The van der Waals surface area contributed by atoms with E-state index < -0.39 is 34.0 Å². The van der Waals surface area contributed by atoms with Crippen LogP contribution in [-0.2, 0) is 24.3 Å². The van der Waals surface area contributed by atoms with Gasteiger partial charge in [0.15, 0.2) is 0 Å². The highest BCUT2D eigenvalue weighted by molar-refractivity contribution is 7.92. The van der Waals surface area contributed by atoms with Gasteiger partial charge in [0.2, 0.25) is 5.91 Å². The number of aromatic carboxylic acids is 1. The standard InChI is InChI=1S/C22H27FN4O6S.C2HF3O2/c1-33-12-7-24-21(28)15-26-8-10-27(11-9-26)20-6-5-16(22(29)30)13-19(20)25-34(31,32)18-4-2-3-17(23)14-18;3-2(4,5)1(6)7/h2-6,13-14,25H,7-12,15H2,1H3,(H,24,28)(H,29,30);(H,6,7). The Hall–Kier alpha value is -3.96. The molecule has 17 heteroatoms. The van der Waals surface area contributed by atoms with Crippen LogP contribution in [0.4, 0.5) is 28.9 Å². The summed E-state index contributed by atoms with van der Waals surface area (Å²) in [7, 11) is -2.60. The first-order valence-corrected chi connectivity index (χ1v) is 13.3. The zero-order valence-electron chi connectivity index (χ0n) is 21.6. The molecule has 0 aliphatic carbocycles. The smallest absolute Gasteiger partial charge is 0.478 e. The Kier molecular flexibility index (Phi) is 11.8. The lowest BCUT2D eigenvalue weighted by Crippen LogP contribution is -2.49. The van der Waals surface area contributed by atoms with E-state index in [1.165, 1.54) is 24.3 Å². The fourth-order valence-corrected chi connectivity index (χ4v) is 4.66. The highest BCUT2D eigenvalue weighted by Gasteiger charge is 2.38. The molecule has 0 aromatic heterocycles. The predicted octanol–water partition coefficient (Wildman–Crippen LogP) is 1.84. The van der Waals surface area contributed by atoms with Crippen LogP contribution in [0.3, 0.4) is 0 Å². The van der Waals surface area contributed by atoms with E-state index in [0.717, 1.165) is 12.1 Å². The summed E-state index contributed by atoms with van der Waals surface area (Å²) in [5.41, 5.74) is 0.483. The summed E-state index contributed by atoms with van der Waals surface area (Å²) in [4.78, 5) is 36.0. The van der Waals surface area contributed by atoms with Crippen molar-refractivity contribution >= 4 is 39.2 Å². The van der Waals surface area contributed by atoms with E-state index >= 15 is 0 Å². The number of hydrogen-bond acceptors (Lipinski definition) is 8. The molecule has 1 aliphatic rings. The Balaban J connectivity index is 0.000000745. The summed E-state index contributed by atoms with van der Waals surface area (Å²) in [5, 5.41) is 19.3. The first kappa shape index (κ1) is 33.2. The minimum atomic E-state index is -5.08. The maximum atomic E-state index is 13.6. The van der Waals surface area contributed by atoms with Gasteiger partial charge in [0.1, 0.15) is 5.82 Å². The lowest BCUT2D eigenvalue weighted by molar-refractivity contribution is -0.192. The number of nitrogens with zero attached hydrogens (tertiary/aromatic N) is 2. The Morgan fingerprint density at radius 2 is 1.66 bits per heavy atom. The summed E-state index contributed by atoms with van der Waals surface area (Å²) >= 11 is 0. The second-order valence-electron chi connectivity index (χ2n) is 8.51. The number of nitrogens with one attached hydrogen (secondary N) is 2. The van der Waals surface area contributed by atoms with Gasteiger partial charge in [-0.15, -0.1) is 0 Å². The molecule has 1 amide bonds. The van der Waals surface area contributed by atoms with Gasteiger partial charge in [0, 0.05) is 39.8 Å². The van der Waals surface area contributed by atoms with Crippen LogP contribution in [0.1, 0.15) is 10.4 Å². The Bertz CT molecular complexity index is 1330. The number of alkyl halides is 3. The van der Waals surface area contributed by atoms with Crippen LogP contribution in [0.15, 0.2) is 47.4 Å². The molecule has 4 N–H and O–H groups in total. The molecule has 0 bridgehead atoms. The molecule has 0 saturated carbocycles. The molecule has 2 aromatic carbocycles. The largest absolute Gasteiger partial charge is 0.490 e. The molecule has 1 saturated heterocycles. The maximum Gasteiger partial charge on any atom is 0.490 e. The van der Waals surface area contributed by atoms with Crippen LogP contribution in [0.2, 0.25) is 0 Å². The molecule has 41 heavy (non-hydrogen) atoms. The van der Waals surface area contributed by atoms with Gasteiger partial charge >= 0.3 is 18.1 Å². The third-order valence-corrected chi connectivity index (χ3v) is 6.91. The second kappa shape index (κ2) is 14.6. The van der Waals surface area contributed by atoms with E-state index in [2.05, 4.69) is 10.0 Å². The molecule has 0 radical (unpaired) electrons. The molecule has 2 aromatic rings. The number of rotatable bonds is 10. The van der Waals surface area contributed by atoms with Crippen molar-refractivity contribution in [2.75, 3.05) is 62.6 Å². The highest BCUT2D eigenvalue weighted by atomic mass is 32.2. The average Bonchev–Trinajstić information content (AvgIpc) is 2.89. The van der Waals surface area contributed by atoms with E-state index in [9.17, 15) is 40.7 Å². The van der Waals surface area contributed by atoms with E-state index in [0.29, 0.717) is 45.0 Å². The molecule has 0 atom stereocenters. The minimum Gasteiger partial charge on any atom is -0.478 e. The zero-order valence-corrected chi connectivity index (χ0v) is 22.5. The number of anilines is 2. The third-order valence-electron chi connectivity index (χ3n) is 5.55. The number of carboxylic acid groups (broad SMARTS) is 2. The van der Waals surface area contributed by atoms with E-state index in [1.807, 2.05) is 9.80 Å². The van der Waals surface area contributed by atoms with Gasteiger partial charge in [0.05, 0.1) is 35.0 Å². The number of carbonyl (C=O) groups is 3. The number of carboxylic acids is 2. The maximum absolute atomic E-state index is 13.6. The monoisotopic (exact) mass is 608 g/mol. The molecule has 1 fully saturated rings. The predicted molar refractivity (Wildman–Crippen MR) is 138 cm³/mol. The number of carbonyl (C=O) groups excluding carboxylic acids is 1. The Morgan fingerprint density at radius 3 is 2.20 bits per heavy atom. The van der Waals surface area contributed by atoms with E-state index in [-0.39, 0.29) is 28.6 Å².